The zero-order valence-electron chi connectivity index (χ0n) is 7.07. The van der Waals surface area contributed by atoms with Gasteiger partial charge in [0.25, 0.3) is 5.70 Å². The number of hydrogen-bond donors (Lipinski definition) is 1. The summed E-state index contributed by atoms with van der Waals surface area (Å²) in [6, 6.07) is 0. The molecule has 0 saturated heterocycles. The summed E-state index contributed by atoms with van der Waals surface area (Å²) >= 11 is 0. The molecular formula is C8H11NO3. The number of hydrogen-bond acceptors (Lipinski definition) is 3. The van der Waals surface area contributed by atoms with Crippen molar-refractivity contribution in [2.45, 2.75) is 13.8 Å². The first-order chi connectivity index (χ1) is 5.49. The molecule has 0 atom stereocenters. The van der Waals surface area contributed by atoms with Gasteiger partial charge in [0, 0.05) is 0 Å². The van der Waals surface area contributed by atoms with Crippen LogP contribution in [-0.2, 0) is 0 Å². The van der Waals surface area contributed by atoms with E-state index in [-0.39, 0.29) is 11.5 Å². The molecular weight excluding hydrogens is 158 g/mol. The number of nitro groups is 1. The van der Waals surface area contributed by atoms with E-state index in [1.54, 1.807) is 19.9 Å². The highest BCUT2D eigenvalue weighted by molar-refractivity contribution is 5.26. The second kappa shape index (κ2) is 4.33. The SMILES string of the molecule is C=C(/C=C(O)\C(C)=C/C)[N+](=O)[O-]. The fraction of sp³-hybridized carbons (Fsp3) is 0.250. The fourth-order valence-corrected chi connectivity index (χ4v) is 0.472. The summed E-state index contributed by atoms with van der Waals surface area (Å²) in [4.78, 5) is 9.42. The molecule has 12 heavy (non-hydrogen) atoms. The summed E-state index contributed by atoms with van der Waals surface area (Å²) in [7, 11) is 0. The largest absolute Gasteiger partial charge is 0.507 e. The first kappa shape index (κ1) is 10.4. The minimum atomic E-state index is -0.654. The van der Waals surface area contributed by atoms with Gasteiger partial charge in [-0.05, 0) is 26.0 Å². The Morgan fingerprint density at radius 2 is 2.17 bits per heavy atom. The zero-order chi connectivity index (χ0) is 9.72. The van der Waals surface area contributed by atoms with Crippen LogP contribution in [0.25, 0.3) is 0 Å². The highest BCUT2D eigenvalue weighted by atomic mass is 16.6. The molecule has 0 aliphatic carbocycles. The van der Waals surface area contributed by atoms with E-state index in [0.29, 0.717) is 5.57 Å². The quantitative estimate of drug-likeness (QED) is 0.305. The lowest BCUT2D eigenvalue weighted by Crippen LogP contribution is -1.95. The van der Waals surface area contributed by atoms with E-state index in [1.165, 1.54) is 0 Å². The molecule has 0 aliphatic heterocycles. The summed E-state index contributed by atoms with van der Waals surface area (Å²) in [6.07, 6.45) is 2.67. The number of nitrogens with zero attached hydrogens (tertiary/aromatic N) is 1. The van der Waals surface area contributed by atoms with Gasteiger partial charge < -0.3 is 5.11 Å². The van der Waals surface area contributed by atoms with Crippen molar-refractivity contribution in [3.8, 4) is 0 Å². The number of rotatable bonds is 3. The summed E-state index contributed by atoms with van der Waals surface area (Å²) in [5.74, 6) is -0.126. The molecule has 0 amide bonds. The topological polar surface area (TPSA) is 63.4 Å². The second-order valence-corrected chi connectivity index (χ2v) is 2.25. The fourth-order valence-electron chi connectivity index (χ4n) is 0.472. The molecule has 0 bridgehead atoms. The molecule has 4 nitrogen and oxygen atoms in total. The summed E-state index contributed by atoms with van der Waals surface area (Å²) in [6.45, 7) is 6.53. The van der Waals surface area contributed by atoms with Crippen LogP contribution in [-0.4, -0.2) is 10.0 Å². The molecule has 4 heteroatoms. The lowest BCUT2D eigenvalue weighted by molar-refractivity contribution is -0.418. The Balaban J connectivity index is 4.58. The van der Waals surface area contributed by atoms with Crippen molar-refractivity contribution in [3.05, 3.63) is 45.9 Å². The van der Waals surface area contributed by atoms with E-state index in [4.69, 9.17) is 5.11 Å². The molecule has 0 heterocycles. The molecule has 0 fully saturated rings. The van der Waals surface area contributed by atoms with Gasteiger partial charge in [-0.25, -0.2) is 0 Å². The molecule has 0 aromatic rings. The van der Waals surface area contributed by atoms with Crippen LogP contribution in [0.2, 0.25) is 0 Å². The van der Waals surface area contributed by atoms with Crippen molar-refractivity contribution in [3.63, 3.8) is 0 Å². The van der Waals surface area contributed by atoms with Crippen LogP contribution >= 0.6 is 0 Å². The van der Waals surface area contributed by atoms with Crippen LogP contribution in [0.4, 0.5) is 0 Å². The van der Waals surface area contributed by atoms with Crippen molar-refractivity contribution >= 4 is 0 Å². The second-order valence-electron chi connectivity index (χ2n) is 2.25. The summed E-state index contributed by atoms with van der Waals surface area (Å²) < 4.78 is 0. The molecule has 0 spiro atoms. The van der Waals surface area contributed by atoms with Gasteiger partial charge in [-0.15, -0.1) is 0 Å². The number of aliphatic hydroxyl groups excluding tert-OH is 1. The van der Waals surface area contributed by atoms with Gasteiger partial charge in [0.05, 0.1) is 11.0 Å². The Kier molecular flexibility index (Phi) is 3.76. The Bertz CT molecular complexity index is 263. The van der Waals surface area contributed by atoms with Crippen molar-refractivity contribution in [2.75, 3.05) is 0 Å². The summed E-state index contributed by atoms with van der Waals surface area (Å²) in [5.41, 5.74) is 0.256. The van der Waals surface area contributed by atoms with Crippen LogP contribution in [0.3, 0.4) is 0 Å². The molecule has 0 aromatic heterocycles. The van der Waals surface area contributed by atoms with Gasteiger partial charge in [-0.3, -0.25) is 10.1 Å². The van der Waals surface area contributed by atoms with E-state index in [0.717, 1.165) is 6.08 Å². The van der Waals surface area contributed by atoms with Crippen molar-refractivity contribution in [1.29, 1.82) is 0 Å². The molecule has 0 aromatic carbocycles. The molecule has 0 radical (unpaired) electrons. The van der Waals surface area contributed by atoms with Crippen LogP contribution < -0.4 is 0 Å². The van der Waals surface area contributed by atoms with Crippen LogP contribution in [0.5, 0.6) is 0 Å². The third kappa shape index (κ3) is 3.01. The minimum absolute atomic E-state index is 0.126. The van der Waals surface area contributed by atoms with Gasteiger partial charge in [-0.2, -0.15) is 0 Å². The Morgan fingerprint density at radius 3 is 2.50 bits per heavy atom. The van der Waals surface area contributed by atoms with Crippen molar-refractivity contribution < 1.29 is 10.0 Å². The van der Waals surface area contributed by atoms with E-state index in [1.807, 2.05) is 0 Å². The molecule has 0 saturated carbocycles. The van der Waals surface area contributed by atoms with E-state index in [2.05, 4.69) is 6.58 Å². The lowest BCUT2D eigenvalue weighted by Gasteiger charge is -1.96. The average Bonchev–Trinajstić information content (AvgIpc) is 2.02. The lowest BCUT2D eigenvalue weighted by atomic mass is 10.2. The van der Waals surface area contributed by atoms with Crippen LogP contribution in [0, 0.1) is 10.1 Å². The predicted molar refractivity (Wildman–Crippen MR) is 46.3 cm³/mol. The van der Waals surface area contributed by atoms with Gasteiger partial charge >= 0.3 is 0 Å². The first-order valence-electron chi connectivity index (χ1n) is 3.36. The van der Waals surface area contributed by atoms with E-state index >= 15 is 0 Å². The van der Waals surface area contributed by atoms with Gasteiger partial charge in [0.1, 0.15) is 5.76 Å². The first-order valence-corrected chi connectivity index (χ1v) is 3.36. The highest BCUT2D eigenvalue weighted by Gasteiger charge is 2.04. The van der Waals surface area contributed by atoms with E-state index < -0.39 is 4.92 Å². The Morgan fingerprint density at radius 1 is 1.67 bits per heavy atom. The maximum Gasteiger partial charge on any atom is 0.266 e. The molecule has 0 unspecified atom stereocenters. The number of aliphatic hydroxyl groups is 1. The van der Waals surface area contributed by atoms with E-state index in [9.17, 15) is 10.1 Å². The average molecular weight is 169 g/mol. The zero-order valence-corrected chi connectivity index (χ0v) is 7.07. The monoisotopic (exact) mass is 169 g/mol. The van der Waals surface area contributed by atoms with Crippen LogP contribution in [0.15, 0.2) is 35.8 Å². The minimum Gasteiger partial charge on any atom is -0.507 e. The molecule has 66 valence electrons. The maximum atomic E-state index is 10.1. The summed E-state index contributed by atoms with van der Waals surface area (Å²) in [5, 5.41) is 19.2. The Hall–Kier alpha value is -1.58. The molecule has 1 N–H and O–H groups in total. The molecule has 0 rings (SSSR count). The normalized spacial score (nSPS) is 12.8. The smallest absolute Gasteiger partial charge is 0.266 e. The number of allylic oxidation sites excluding steroid dienone is 3. The third-order valence-corrected chi connectivity index (χ3v) is 1.37. The highest BCUT2D eigenvalue weighted by Crippen LogP contribution is 2.07. The van der Waals surface area contributed by atoms with Gasteiger partial charge in [-0.1, -0.05) is 6.08 Å². The standard InChI is InChI=1S/C8H11NO3/c1-4-6(2)8(10)5-7(3)9(11)12/h4-5,10H,3H2,1-2H3/b6-4-,8-5+. The third-order valence-electron chi connectivity index (χ3n) is 1.37. The van der Waals surface area contributed by atoms with Crippen molar-refractivity contribution in [2.24, 2.45) is 0 Å². The maximum absolute atomic E-state index is 10.1. The van der Waals surface area contributed by atoms with Crippen molar-refractivity contribution in [1.82, 2.24) is 0 Å². The van der Waals surface area contributed by atoms with Gasteiger partial charge in [0.15, 0.2) is 0 Å². The van der Waals surface area contributed by atoms with Crippen LogP contribution in [0.1, 0.15) is 13.8 Å². The van der Waals surface area contributed by atoms with Gasteiger partial charge in [0.2, 0.25) is 0 Å². The predicted octanol–water partition coefficient (Wildman–Crippen LogP) is 2.18. The molecule has 0 aliphatic rings. The Labute approximate surface area is 70.7 Å².